The lowest BCUT2D eigenvalue weighted by molar-refractivity contribution is 0.0670. The number of hydrogen-bond donors (Lipinski definition) is 2. The molecule has 0 aromatic heterocycles. The first kappa shape index (κ1) is 20.2. The maximum atomic E-state index is 12.4. The minimum atomic E-state index is -0.320. The van der Waals surface area contributed by atoms with Crippen molar-refractivity contribution in [3.8, 4) is 0 Å². The molecule has 2 saturated heterocycles. The lowest BCUT2D eigenvalue weighted by Crippen LogP contribution is -2.48. The number of urea groups is 1. The quantitative estimate of drug-likeness (QED) is 0.806. The van der Waals surface area contributed by atoms with Gasteiger partial charge in [-0.3, -0.25) is 0 Å². The standard InChI is InChI=1S/C22H35N3O2/c1-18-7-12-24(13-8-18)16-11-23-22(27)25-14-9-20(10-15-25)21(26)17-19-5-3-2-4-6-19/h2-6,18,20-21,26H,7-17H2,1H3,(H,23,27)/t21-/m0/s1. The highest BCUT2D eigenvalue weighted by Gasteiger charge is 2.27. The lowest BCUT2D eigenvalue weighted by Gasteiger charge is -2.35. The molecule has 0 unspecified atom stereocenters. The van der Waals surface area contributed by atoms with Gasteiger partial charge < -0.3 is 20.2 Å². The smallest absolute Gasteiger partial charge is 0.317 e. The predicted octanol–water partition coefficient (Wildman–Crippen LogP) is 2.74. The van der Waals surface area contributed by atoms with Crippen LogP contribution in [-0.4, -0.2) is 66.3 Å². The fourth-order valence-electron chi connectivity index (χ4n) is 4.23. The van der Waals surface area contributed by atoms with E-state index in [1.165, 1.54) is 18.4 Å². The number of likely N-dealkylation sites (tertiary alicyclic amines) is 2. The van der Waals surface area contributed by atoms with Gasteiger partial charge in [-0.05, 0) is 62.6 Å². The summed E-state index contributed by atoms with van der Waals surface area (Å²) in [5.41, 5.74) is 1.18. The van der Waals surface area contributed by atoms with Crippen LogP contribution in [0.1, 0.15) is 38.2 Å². The van der Waals surface area contributed by atoms with Gasteiger partial charge in [-0.15, -0.1) is 0 Å². The van der Waals surface area contributed by atoms with Crippen LogP contribution in [0.2, 0.25) is 0 Å². The van der Waals surface area contributed by atoms with E-state index in [0.717, 1.165) is 58.0 Å². The minimum absolute atomic E-state index is 0.0522. The molecule has 2 fully saturated rings. The normalized spacial score (nSPS) is 21.2. The van der Waals surface area contributed by atoms with Crippen LogP contribution in [0.5, 0.6) is 0 Å². The van der Waals surface area contributed by atoms with Gasteiger partial charge in [-0.1, -0.05) is 37.3 Å². The number of piperidine rings is 2. The summed E-state index contributed by atoms with van der Waals surface area (Å²) in [4.78, 5) is 16.8. The molecule has 27 heavy (non-hydrogen) atoms. The minimum Gasteiger partial charge on any atom is -0.392 e. The van der Waals surface area contributed by atoms with Gasteiger partial charge in [0.15, 0.2) is 0 Å². The molecule has 3 rings (SSSR count). The Morgan fingerprint density at radius 1 is 1.11 bits per heavy atom. The summed E-state index contributed by atoms with van der Waals surface area (Å²) in [6.45, 7) is 7.78. The molecule has 2 N–H and O–H groups in total. The van der Waals surface area contributed by atoms with Gasteiger partial charge >= 0.3 is 6.03 Å². The third-order valence-corrected chi connectivity index (χ3v) is 6.24. The Kier molecular flexibility index (Phi) is 7.53. The van der Waals surface area contributed by atoms with E-state index in [1.807, 2.05) is 23.1 Å². The number of amides is 2. The van der Waals surface area contributed by atoms with Crippen LogP contribution in [0.4, 0.5) is 4.79 Å². The molecule has 150 valence electrons. The van der Waals surface area contributed by atoms with E-state index >= 15 is 0 Å². The van der Waals surface area contributed by atoms with Crippen molar-refractivity contribution in [2.45, 2.75) is 45.1 Å². The largest absolute Gasteiger partial charge is 0.392 e. The number of nitrogens with zero attached hydrogens (tertiary/aromatic N) is 2. The fraction of sp³-hybridized carbons (Fsp3) is 0.682. The Bertz CT molecular complexity index is 564. The number of carbonyl (C=O) groups is 1. The molecule has 0 radical (unpaired) electrons. The predicted molar refractivity (Wildman–Crippen MR) is 109 cm³/mol. The summed E-state index contributed by atoms with van der Waals surface area (Å²) in [5, 5.41) is 13.6. The first-order chi connectivity index (χ1) is 13.1. The van der Waals surface area contributed by atoms with Gasteiger partial charge in [0.05, 0.1) is 6.10 Å². The van der Waals surface area contributed by atoms with Crippen LogP contribution in [0.3, 0.4) is 0 Å². The van der Waals surface area contributed by atoms with Crippen molar-refractivity contribution in [2.75, 3.05) is 39.3 Å². The lowest BCUT2D eigenvalue weighted by atomic mass is 9.88. The van der Waals surface area contributed by atoms with Crippen LogP contribution in [-0.2, 0) is 6.42 Å². The third-order valence-electron chi connectivity index (χ3n) is 6.24. The summed E-state index contributed by atoms with van der Waals surface area (Å²) in [5.74, 6) is 1.12. The molecule has 1 atom stereocenters. The molecule has 0 aliphatic carbocycles. The highest BCUT2D eigenvalue weighted by atomic mass is 16.3. The van der Waals surface area contributed by atoms with Gasteiger partial charge in [0.1, 0.15) is 0 Å². The Morgan fingerprint density at radius 3 is 2.44 bits per heavy atom. The summed E-state index contributed by atoms with van der Waals surface area (Å²) in [6, 6.07) is 10.2. The SMILES string of the molecule is CC1CCN(CCNC(=O)N2CCC([C@@H](O)Cc3ccccc3)CC2)CC1. The molecular weight excluding hydrogens is 338 g/mol. The first-order valence-corrected chi connectivity index (χ1v) is 10.6. The average molecular weight is 374 g/mol. The van der Waals surface area contributed by atoms with Crippen molar-refractivity contribution in [1.82, 2.24) is 15.1 Å². The molecule has 2 aliphatic heterocycles. The van der Waals surface area contributed by atoms with E-state index in [0.29, 0.717) is 6.42 Å². The topological polar surface area (TPSA) is 55.8 Å². The third kappa shape index (κ3) is 6.22. The molecule has 0 bridgehead atoms. The maximum absolute atomic E-state index is 12.4. The van der Waals surface area contributed by atoms with Crippen LogP contribution in [0.15, 0.2) is 30.3 Å². The summed E-state index contributed by atoms with van der Waals surface area (Å²) in [7, 11) is 0. The van der Waals surface area contributed by atoms with E-state index in [1.54, 1.807) is 0 Å². The van der Waals surface area contributed by atoms with E-state index < -0.39 is 0 Å². The number of aliphatic hydroxyl groups is 1. The zero-order valence-corrected chi connectivity index (χ0v) is 16.6. The molecule has 1 aromatic carbocycles. The van der Waals surface area contributed by atoms with Gasteiger partial charge in [0.2, 0.25) is 0 Å². The molecule has 5 heteroatoms. The average Bonchev–Trinajstić information content (AvgIpc) is 2.70. The highest BCUT2D eigenvalue weighted by Crippen LogP contribution is 2.23. The van der Waals surface area contributed by atoms with Gasteiger partial charge in [0, 0.05) is 26.2 Å². The monoisotopic (exact) mass is 373 g/mol. The maximum Gasteiger partial charge on any atom is 0.317 e. The molecule has 2 heterocycles. The second kappa shape index (κ2) is 10.1. The second-order valence-electron chi connectivity index (χ2n) is 8.34. The first-order valence-electron chi connectivity index (χ1n) is 10.6. The Hall–Kier alpha value is -1.59. The zero-order chi connectivity index (χ0) is 19.1. The molecule has 0 spiro atoms. The summed E-state index contributed by atoms with van der Waals surface area (Å²) >= 11 is 0. The van der Waals surface area contributed by atoms with Crippen molar-refractivity contribution in [3.63, 3.8) is 0 Å². The molecule has 0 saturated carbocycles. The van der Waals surface area contributed by atoms with Gasteiger partial charge in [-0.25, -0.2) is 4.79 Å². The number of nitrogens with one attached hydrogen (secondary N) is 1. The molecule has 5 nitrogen and oxygen atoms in total. The zero-order valence-electron chi connectivity index (χ0n) is 16.6. The number of rotatable bonds is 6. The molecule has 1 aromatic rings. The van der Waals surface area contributed by atoms with Crippen molar-refractivity contribution in [1.29, 1.82) is 0 Å². The van der Waals surface area contributed by atoms with E-state index in [4.69, 9.17) is 0 Å². The van der Waals surface area contributed by atoms with E-state index in [9.17, 15) is 9.90 Å². The number of benzene rings is 1. The van der Waals surface area contributed by atoms with Crippen molar-refractivity contribution in [2.24, 2.45) is 11.8 Å². The van der Waals surface area contributed by atoms with Crippen molar-refractivity contribution < 1.29 is 9.90 Å². The van der Waals surface area contributed by atoms with Crippen LogP contribution in [0, 0.1) is 11.8 Å². The fourth-order valence-corrected chi connectivity index (χ4v) is 4.23. The summed E-state index contributed by atoms with van der Waals surface area (Å²) < 4.78 is 0. The molecule has 2 aliphatic rings. The Labute approximate surface area is 163 Å². The van der Waals surface area contributed by atoms with Gasteiger partial charge in [0.25, 0.3) is 0 Å². The molecular formula is C22H35N3O2. The Balaban J connectivity index is 1.33. The highest BCUT2D eigenvalue weighted by molar-refractivity contribution is 5.74. The molecule has 2 amide bonds. The Morgan fingerprint density at radius 2 is 1.78 bits per heavy atom. The van der Waals surface area contributed by atoms with E-state index in [-0.39, 0.29) is 18.1 Å². The van der Waals surface area contributed by atoms with Crippen LogP contribution in [0.25, 0.3) is 0 Å². The van der Waals surface area contributed by atoms with Crippen LogP contribution < -0.4 is 5.32 Å². The number of aliphatic hydroxyl groups excluding tert-OH is 1. The number of carbonyl (C=O) groups excluding carboxylic acids is 1. The van der Waals surface area contributed by atoms with E-state index in [2.05, 4.69) is 29.3 Å². The summed E-state index contributed by atoms with van der Waals surface area (Å²) in [6.07, 6.45) is 4.68. The van der Waals surface area contributed by atoms with Crippen LogP contribution >= 0.6 is 0 Å². The second-order valence-corrected chi connectivity index (χ2v) is 8.34. The van der Waals surface area contributed by atoms with Crippen molar-refractivity contribution in [3.05, 3.63) is 35.9 Å². The number of hydrogen-bond acceptors (Lipinski definition) is 3. The van der Waals surface area contributed by atoms with Gasteiger partial charge in [-0.2, -0.15) is 0 Å². The van der Waals surface area contributed by atoms with Crippen molar-refractivity contribution >= 4 is 6.03 Å².